The molecule has 1 saturated carbocycles. The molecule has 3 amide bonds. The summed E-state index contributed by atoms with van der Waals surface area (Å²) in [6.07, 6.45) is -0.175. The summed E-state index contributed by atoms with van der Waals surface area (Å²) < 4.78 is 22.5. The second-order valence-electron chi connectivity index (χ2n) is 14.9. The third-order valence-electron chi connectivity index (χ3n) is 10.1. The van der Waals surface area contributed by atoms with Gasteiger partial charge in [0, 0.05) is 42.6 Å². The van der Waals surface area contributed by atoms with Gasteiger partial charge in [0.05, 0.1) is 38.2 Å². The molecule has 1 aliphatic carbocycles. The first-order valence-corrected chi connectivity index (χ1v) is 17.8. The summed E-state index contributed by atoms with van der Waals surface area (Å²) >= 11 is 0. The Hall–Kier alpha value is -4.56. The number of aliphatic hydroxyl groups is 1. The molecule has 0 radical (unpaired) electrons. The molecule has 3 heterocycles. The third kappa shape index (κ3) is 9.08. The lowest BCUT2D eigenvalue weighted by Gasteiger charge is -2.34. The summed E-state index contributed by atoms with van der Waals surface area (Å²) in [6, 6.07) is 21.3. The molecule has 4 N–H and O–H groups in total. The van der Waals surface area contributed by atoms with Gasteiger partial charge in [-0.3, -0.25) is 15.2 Å². The maximum atomic E-state index is 13.8. The van der Waals surface area contributed by atoms with Gasteiger partial charge in [-0.1, -0.05) is 81.4 Å². The van der Waals surface area contributed by atoms with Gasteiger partial charge < -0.3 is 34.7 Å². The highest BCUT2D eigenvalue weighted by Gasteiger charge is 2.56. The van der Waals surface area contributed by atoms with Crippen molar-refractivity contribution in [2.45, 2.75) is 70.7 Å². The van der Waals surface area contributed by atoms with E-state index < -0.39 is 41.7 Å². The van der Waals surface area contributed by atoms with Gasteiger partial charge in [-0.25, -0.2) is 14.6 Å². The smallest absolute Gasteiger partial charge is 0.407 e. The number of alkyl carbamates (subject to hydrolysis) is 2. The van der Waals surface area contributed by atoms with Crippen LogP contribution in [0.1, 0.15) is 38.3 Å². The van der Waals surface area contributed by atoms with E-state index in [1.54, 1.807) is 11.2 Å². The Morgan fingerprint density at radius 1 is 0.923 bits per heavy atom. The fraction of sp³-hybridized carbons (Fsp3) is 0.487. The van der Waals surface area contributed by atoms with Crippen LogP contribution in [0.15, 0.2) is 79.0 Å². The maximum Gasteiger partial charge on any atom is 0.407 e. The van der Waals surface area contributed by atoms with Crippen LogP contribution in [0.25, 0.3) is 11.3 Å². The molecule has 2 aliphatic heterocycles. The highest BCUT2D eigenvalue weighted by atomic mass is 16.7. The number of fused-ring (bicyclic) bond motifs is 1. The van der Waals surface area contributed by atoms with Gasteiger partial charge in [0.2, 0.25) is 0 Å². The standard InChI is InChI=1S/C39H49N5O8/c1-39(2,3)34(42-37(47)49-4)35(46)43-44(20-25-13-15-26(16-14-25)30-12-8-9-17-40-30)21-32(45)31(18-24-10-6-5-7-11-24)41-38(48)52-33-27-19-28-29(33)23-51-36(28)50-22-27/h5-17,27-29,31-34,36,45H,18-23H2,1-4H3,(H,41,48)(H,42,47)(H,43,46). The Bertz CT molecular complexity index is 1650. The van der Waals surface area contributed by atoms with Crippen LogP contribution in [-0.2, 0) is 36.7 Å². The van der Waals surface area contributed by atoms with Gasteiger partial charge in [-0.15, -0.1) is 0 Å². The van der Waals surface area contributed by atoms with Crippen molar-refractivity contribution in [3.8, 4) is 11.3 Å². The van der Waals surface area contributed by atoms with E-state index in [4.69, 9.17) is 18.9 Å². The predicted molar refractivity (Wildman–Crippen MR) is 191 cm³/mol. The molecule has 8 unspecified atom stereocenters. The summed E-state index contributed by atoms with van der Waals surface area (Å²) in [5.41, 5.74) is 5.76. The number of aromatic nitrogens is 1. The van der Waals surface area contributed by atoms with Gasteiger partial charge in [0.1, 0.15) is 12.1 Å². The quantitative estimate of drug-likeness (QED) is 0.190. The van der Waals surface area contributed by atoms with Crippen LogP contribution in [-0.4, -0.2) is 90.6 Å². The molecule has 3 aliphatic rings. The maximum absolute atomic E-state index is 13.8. The normalized spacial score (nSPS) is 23.7. The van der Waals surface area contributed by atoms with Crippen LogP contribution in [0.4, 0.5) is 9.59 Å². The van der Waals surface area contributed by atoms with Crippen molar-refractivity contribution in [3.63, 3.8) is 0 Å². The lowest BCUT2D eigenvalue weighted by molar-refractivity contribution is -0.169. The Morgan fingerprint density at radius 3 is 2.35 bits per heavy atom. The first-order valence-electron chi connectivity index (χ1n) is 17.8. The van der Waals surface area contributed by atoms with E-state index in [-0.39, 0.29) is 43.2 Å². The van der Waals surface area contributed by atoms with E-state index in [0.29, 0.717) is 19.6 Å². The SMILES string of the molecule is COC(=O)NC(C(=O)NN(Cc1ccc(-c2ccccn2)cc1)CC(O)C(Cc1ccccc1)NC(=O)OC1C2COC3OCC1C3C2)C(C)(C)C. The first kappa shape index (κ1) is 37.2. The molecule has 8 atom stereocenters. The Labute approximate surface area is 304 Å². The summed E-state index contributed by atoms with van der Waals surface area (Å²) in [5.74, 6) is -0.107. The van der Waals surface area contributed by atoms with Gasteiger partial charge >= 0.3 is 12.2 Å². The number of nitrogens with zero attached hydrogens (tertiary/aromatic N) is 2. The average Bonchev–Trinajstić information content (AvgIpc) is 3.67. The number of carbonyl (C=O) groups excluding carboxylic acids is 3. The average molecular weight is 716 g/mol. The van der Waals surface area contributed by atoms with Gasteiger partial charge in [0.15, 0.2) is 6.29 Å². The third-order valence-corrected chi connectivity index (χ3v) is 10.1. The molecule has 278 valence electrons. The largest absolute Gasteiger partial charge is 0.453 e. The van der Waals surface area contributed by atoms with E-state index in [0.717, 1.165) is 28.8 Å². The fourth-order valence-electron chi connectivity index (χ4n) is 7.42. The number of rotatable bonds is 13. The number of nitrogens with one attached hydrogen (secondary N) is 3. The van der Waals surface area contributed by atoms with Crippen LogP contribution in [0.3, 0.4) is 0 Å². The molecule has 13 heteroatoms. The molecule has 2 bridgehead atoms. The number of hydrogen-bond acceptors (Lipinski definition) is 10. The minimum absolute atomic E-state index is 0.0687. The zero-order chi connectivity index (χ0) is 36.8. The number of amides is 3. The predicted octanol–water partition coefficient (Wildman–Crippen LogP) is 4.06. The van der Waals surface area contributed by atoms with Crippen LogP contribution in [0.5, 0.6) is 0 Å². The second kappa shape index (κ2) is 16.4. The minimum atomic E-state index is -1.16. The van der Waals surface area contributed by atoms with Crippen molar-refractivity contribution >= 4 is 18.1 Å². The Kier molecular flexibility index (Phi) is 11.7. The van der Waals surface area contributed by atoms with Gasteiger partial charge in [0.25, 0.3) is 5.91 Å². The lowest BCUT2D eigenvalue weighted by atomic mass is 9.86. The van der Waals surface area contributed by atoms with Crippen LogP contribution < -0.4 is 16.1 Å². The van der Waals surface area contributed by atoms with Crippen LogP contribution >= 0.6 is 0 Å². The van der Waals surface area contributed by atoms with Crippen molar-refractivity contribution in [2.75, 3.05) is 26.9 Å². The van der Waals surface area contributed by atoms with Crippen molar-refractivity contribution in [2.24, 2.45) is 23.2 Å². The highest BCUT2D eigenvalue weighted by Crippen LogP contribution is 2.49. The monoisotopic (exact) mass is 715 g/mol. The van der Waals surface area contributed by atoms with E-state index in [1.165, 1.54) is 7.11 Å². The number of ether oxygens (including phenoxy) is 4. The number of hydrogen-bond donors (Lipinski definition) is 4. The molecular formula is C39H49N5O8. The molecule has 0 spiro atoms. The zero-order valence-electron chi connectivity index (χ0n) is 30.1. The summed E-state index contributed by atoms with van der Waals surface area (Å²) in [7, 11) is 1.24. The Morgan fingerprint density at radius 2 is 1.65 bits per heavy atom. The molecule has 52 heavy (non-hydrogen) atoms. The summed E-state index contributed by atoms with van der Waals surface area (Å²) in [6.45, 7) is 6.58. The van der Waals surface area contributed by atoms with Crippen molar-refractivity contribution < 1.29 is 38.4 Å². The Balaban J connectivity index is 1.21. The molecule has 13 nitrogen and oxygen atoms in total. The highest BCUT2D eigenvalue weighted by molar-refractivity contribution is 5.86. The lowest BCUT2D eigenvalue weighted by Crippen LogP contribution is -2.59. The molecule has 3 aromatic rings. The first-order chi connectivity index (χ1) is 25.0. The molecular weight excluding hydrogens is 666 g/mol. The number of benzene rings is 2. The van der Waals surface area contributed by atoms with Crippen LogP contribution in [0.2, 0.25) is 0 Å². The van der Waals surface area contributed by atoms with E-state index in [2.05, 4.69) is 21.0 Å². The zero-order valence-corrected chi connectivity index (χ0v) is 30.1. The molecule has 2 aromatic carbocycles. The van der Waals surface area contributed by atoms with Gasteiger partial charge in [-0.05, 0) is 41.5 Å². The summed E-state index contributed by atoms with van der Waals surface area (Å²) in [4.78, 5) is 44.0. The van der Waals surface area contributed by atoms with Crippen molar-refractivity contribution in [1.29, 1.82) is 0 Å². The number of carbonyl (C=O) groups is 3. The van der Waals surface area contributed by atoms with Gasteiger partial charge in [-0.2, -0.15) is 0 Å². The minimum Gasteiger partial charge on any atom is -0.453 e. The molecule has 2 saturated heterocycles. The van der Waals surface area contributed by atoms with Crippen LogP contribution in [0, 0.1) is 23.2 Å². The number of pyridine rings is 1. The fourth-order valence-corrected chi connectivity index (χ4v) is 7.42. The van der Waals surface area contributed by atoms with E-state index >= 15 is 0 Å². The summed E-state index contributed by atoms with van der Waals surface area (Å²) in [5, 5.41) is 19.0. The molecule has 3 fully saturated rings. The van der Waals surface area contributed by atoms with E-state index in [1.807, 2.05) is 93.6 Å². The number of aliphatic hydroxyl groups excluding tert-OH is 1. The number of methoxy groups -OCH3 is 1. The molecule has 6 rings (SSSR count). The van der Waals surface area contributed by atoms with E-state index in [9.17, 15) is 19.5 Å². The second-order valence-corrected chi connectivity index (χ2v) is 14.9. The van der Waals surface area contributed by atoms with Crippen molar-refractivity contribution in [3.05, 3.63) is 90.1 Å². The molecule has 1 aromatic heterocycles. The topological polar surface area (TPSA) is 161 Å². The van der Waals surface area contributed by atoms with Crippen molar-refractivity contribution in [1.82, 2.24) is 26.1 Å². The number of hydrazine groups is 1.